The molecule has 1 fully saturated rings. The predicted octanol–water partition coefficient (Wildman–Crippen LogP) is 13.6. The van der Waals surface area contributed by atoms with Crippen molar-refractivity contribution in [3.8, 4) is 22.8 Å². The van der Waals surface area contributed by atoms with Gasteiger partial charge in [-0.15, -0.1) is 0 Å². The van der Waals surface area contributed by atoms with Crippen molar-refractivity contribution in [1.29, 1.82) is 0 Å². The molecule has 4 heteroatoms. The topological polar surface area (TPSA) is 43.6 Å². The van der Waals surface area contributed by atoms with Crippen LogP contribution in [0.2, 0.25) is 0 Å². The molecule has 2 heterocycles. The molecule has 0 saturated heterocycles. The molecule has 1 spiro atoms. The largest absolute Gasteiger partial charge is 0.333 e. The van der Waals surface area contributed by atoms with Gasteiger partial charge in [0.05, 0.1) is 11.6 Å². The van der Waals surface area contributed by atoms with Crippen LogP contribution in [0.5, 0.6) is 0 Å². The minimum absolute atomic E-state index is 0.0555. The Morgan fingerprint density at radius 1 is 0.532 bits per heavy atom. The molecule has 2 aromatic heterocycles. The summed E-state index contributed by atoms with van der Waals surface area (Å²) in [4.78, 5) is 15.6. The van der Waals surface area contributed by atoms with Gasteiger partial charge in [0.1, 0.15) is 5.82 Å². The zero-order valence-corrected chi connectivity index (χ0v) is 34.5. The van der Waals surface area contributed by atoms with Crippen LogP contribution in [0.1, 0.15) is 95.1 Å². The molecule has 0 amide bonds. The standard InChI is InChI=1S/C58H44N4/c1-3-13-38(14-4-1)55-59-56(39-15-5-2-6-16-39)61-57(60-55)46-30-36-24-26-37(46)25-23-35-27-28-58(34-40(58)29-36)52(31-35)62-50-22-12-11-17-41(50)47-32-48-49(33-51(47)62)54-44-20-9-7-18-42(44)53(48)43-19-8-10-21-45(43)54/h1-22,24,26-28,31-33,40,46,52-54H,23,25,29-30,34H2/t40?,46-,52?,53?,54?,58?/m0/s1. The van der Waals surface area contributed by atoms with Crippen LogP contribution in [0.15, 0.2) is 193 Å². The number of allylic oxidation sites excluding steroid dienone is 8. The minimum Gasteiger partial charge on any atom is -0.333 e. The van der Waals surface area contributed by atoms with Gasteiger partial charge in [0.15, 0.2) is 11.6 Å². The third-order valence-corrected chi connectivity index (χ3v) is 15.5. The zero-order chi connectivity index (χ0) is 40.5. The molecular weight excluding hydrogens is 753 g/mol. The highest BCUT2D eigenvalue weighted by Gasteiger charge is 2.58. The fraction of sp³-hybridized carbons (Fsp3) is 0.190. The molecule has 8 aromatic rings. The molecule has 1 saturated carbocycles. The van der Waals surface area contributed by atoms with E-state index in [-0.39, 0.29) is 29.2 Å². The van der Waals surface area contributed by atoms with Gasteiger partial charge < -0.3 is 4.57 Å². The van der Waals surface area contributed by atoms with E-state index in [4.69, 9.17) is 15.0 Å². The van der Waals surface area contributed by atoms with Gasteiger partial charge in [-0.3, -0.25) is 0 Å². The highest BCUT2D eigenvalue weighted by Crippen LogP contribution is 2.67. The summed E-state index contributed by atoms with van der Waals surface area (Å²) >= 11 is 0. The van der Waals surface area contributed by atoms with E-state index in [0.717, 1.165) is 54.3 Å². The minimum atomic E-state index is 0.0555. The van der Waals surface area contributed by atoms with Crippen molar-refractivity contribution < 1.29 is 0 Å². The molecule has 0 aliphatic heterocycles. The fourth-order valence-electron chi connectivity index (χ4n) is 12.5. The maximum Gasteiger partial charge on any atom is 0.163 e. The summed E-state index contributed by atoms with van der Waals surface area (Å²) in [5.41, 5.74) is 18.0. The van der Waals surface area contributed by atoms with Gasteiger partial charge in [-0.25, -0.2) is 15.0 Å². The van der Waals surface area contributed by atoms with Gasteiger partial charge in [-0.1, -0.05) is 169 Å². The van der Waals surface area contributed by atoms with E-state index in [0.29, 0.717) is 5.92 Å². The Morgan fingerprint density at radius 3 is 1.82 bits per heavy atom. The number of hydrogen-bond acceptors (Lipinski definition) is 3. The molecule has 6 bridgehead atoms. The monoisotopic (exact) mass is 796 g/mol. The van der Waals surface area contributed by atoms with Crippen LogP contribution >= 0.6 is 0 Å². The average Bonchev–Trinajstić information content (AvgIpc) is 3.91. The Labute approximate surface area is 361 Å². The Hall–Kier alpha value is -6.91. The van der Waals surface area contributed by atoms with E-state index < -0.39 is 0 Å². The second-order valence-corrected chi connectivity index (χ2v) is 18.6. The van der Waals surface area contributed by atoms with Crippen LogP contribution < -0.4 is 0 Å². The first-order chi connectivity index (χ1) is 30.7. The third-order valence-electron chi connectivity index (χ3n) is 15.5. The number of benzene rings is 6. The van der Waals surface area contributed by atoms with Crippen molar-refractivity contribution in [2.24, 2.45) is 11.3 Å². The number of para-hydroxylation sites is 1. The van der Waals surface area contributed by atoms with Crippen molar-refractivity contribution in [2.75, 3.05) is 0 Å². The third kappa shape index (κ3) is 5.04. The Kier molecular flexibility index (Phi) is 7.32. The molecular formula is C58H44N4. The Balaban J connectivity index is 0.882. The van der Waals surface area contributed by atoms with Crippen molar-refractivity contribution >= 4 is 21.8 Å². The van der Waals surface area contributed by atoms with E-state index in [2.05, 4.69) is 181 Å². The average molecular weight is 797 g/mol. The summed E-state index contributed by atoms with van der Waals surface area (Å²) in [5, 5.41) is 2.75. The first-order valence-corrected chi connectivity index (χ1v) is 22.6. The van der Waals surface area contributed by atoms with Gasteiger partial charge in [0.25, 0.3) is 0 Å². The second-order valence-electron chi connectivity index (χ2n) is 18.6. The lowest BCUT2D eigenvalue weighted by molar-refractivity contribution is 0.409. The molecule has 3 unspecified atom stereocenters. The maximum atomic E-state index is 5.27. The summed E-state index contributed by atoms with van der Waals surface area (Å²) in [6.07, 6.45) is 17.8. The number of aromatic nitrogens is 4. The van der Waals surface area contributed by atoms with E-state index in [1.165, 1.54) is 78.3 Å². The van der Waals surface area contributed by atoms with Crippen molar-refractivity contribution in [3.63, 3.8) is 0 Å². The van der Waals surface area contributed by atoms with Crippen LogP contribution in [0.4, 0.5) is 0 Å². The van der Waals surface area contributed by atoms with Crippen LogP contribution in [0, 0.1) is 11.3 Å². The molecule has 0 N–H and O–H groups in total. The van der Waals surface area contributed by atoms with Gasteiger partial charge in [0, 0.05) is 50.6 Å². The lowest BCUT2D eigenvalue weighted by Gasteiger charge is -2.42. The lowest BCUT2D eigenvalue weighted by atomic mass is 9.61. The highest BCUT2D eigenvalue weighted by molar-refractivity contribution is 6.09. The number of fused-ring (bicyclic) bond motifs is 3. The molecule has 0 radical (unpaired) electrons. The molecule has 10 aliphatic carbocycles. The molecule has 4 atom stereocenters. The summed E-state index contributed by atoms with van der Waals surface area (Å²) in [7, 11) is 0. The molecule has 62 heavy (non-hydrogen) atoms. The number of hydrogen-bond donors (Lipinski definition) is 0. The van der Waals surface area contributed by atoms with Crippen LogP contribution in [-0.2, 0) is 0 Å². The lowest BCUT2D eigenvalue weighted by Crippen LogP contribution is -2.27. The first-order valence-electron chi connectivity index (χ1n) is 22.6. The van der Waals surface area contributed by atoms with E-state index in [1.807, 2.05) is 0 Å². The van der Waals surface area contributed by atoms with E-state index in [1.54, 1.807) is 0 Å². The maximum absolute atomic E-state index is 5.27. The highest BCUT2D eigenvalue weighted by atomic mass is 15.1. The molecule has 4 nitrogen and oxygen atoms in total. The van der Waals surface area contributed by atoms with Crippen LogP contribution in [0.25, 0.3) is 44.6 Å². The molecule has 18 rings (SSSR count). The second kappa shape index (κ2) is 13.0. The Morgan fingerprint density at radius 2 is 1.15 bits per heavy atom. The zero-order valence-electron chi connectivity index (χ0n) is 34.5. The summed E-state index contributed by atoms with van der Waals surface area (Å²) < 4.78 is 2.77. The number of nitrogens with zero attached hydrogens (tertiary/aromatic N) is 4. The smallest absolute Gasteiger partial charge is 0.163 e. The fourth-order valence-corrected chi connectivity index (χ4v) is 12.5. The summed E-state index contributed by atoms with van der Waals surface area (Å²) in [6.45, 7) is 0. The molecule has 296 valence electrons. The van der Waals surface area contributed by atoms with Gasteiger partial charge in [-0.05, 0) is 95.2 Å². The van der Waals surface area contributed by atoms with Gasteiger partial charge in [-0.2, -0.15) is 0 Å². The van der Waals surface area contributed by atoms with Crippen LogP contribution in [0.3, 0.4) is 0 Å². The molecule has 10 aliphatic rings. The normalized spacial score (nSPS) is 24.9. The number of rotatable bonds is 4. The first kappa shape index (κ1) is 34.8. The molecule has 6 aromatic carbocycles. The van der Waals surface area contributed by atoms with Gasteiger partial charge >= 0.3 is 0 Å². The summed E-state index contributed by atoms with van der Waals surface area (Å²) in [6, 6.07) is 53.9. The predicted molar refractivity (Wildman–Crippen MR) is 249 cm³/mol. The van der Waals surface area contributed by atoms with Crippen molar-refractivity contribution in [2.45, 2.75) is 55.9 Å². The van der Waals surface area contributed by atoms with E-state index in [9.17, 15) is 0 Å². The Bertz CT molecular complexity index is 3210. The van der Waals surface area contributed by atoms with Crippen molar-refractivity contribution in [1.82, 2.24) is 19.5 Å². The van der Waals surface area contributed by atoms with Crippen LogP contribution in [-0.4, -0.2) is 19.5 Å². The SMILES string of the molecule is C1=CC23CC2CC2=CC=C(CCC1=CC3n1c3ccccc3c3cc4c(cc31)C1c3ccccc3C4c3ccccc31)[C@@H](c1nc(-c3ccccc3)nc(-c3ccccc3)n1)C2. The summed E-state index contributed by atoms with van der Waals surface area (Å²) in [5.74, 6) is 3.54. The van der Waals surface area contributed by atoms with Crippen molar-refractivity contribution in [3.05, 3.63) is 232 Å². The quantitative estimate of drug-likeness (QED) is 0.178. The van der Waals surface area contributed by atoms with E-state index >= 15 is 0 Å². The van der Waals surface area contributed by atoms with Gasteiger partial charge in [0.2, 0.25) is 0 Å².